The first-order chi connectivity index (χ1) is 20.4. The fourth-order valence-electron chi connectivity index (χ4n) is 7.39. The van der Waals surface area contributed by atoms with Crippen LogP contribution in [0.2, 0.25) is 0 Å². The Balaban J connectivity index is 2.06. The molecule has 0 unspecified atom stereocenters. The van der Waals surface area contributed by atoms with Crippen molar-refractivity contribution in [2.45, 2.75) is 121 Å². The minimum atomic E-state index is -2.26. The van der Waals surface area contributed by atoms with Crippen LogP contribution in [0.15, 0.2) is 12.2 Å². The minimum absolute atomic E-state index is 0.00271. The summed E-state index contributed by atoms with van der Waals surface area (Å²) in [5.74, 6) is -6.31. The van der Waals surface area contributed by atoms with Crippen LogP contribution in [-0.4, -0.2) is 88.7 Å². The van der Waals surface area contributed by atoms with Crippen LogP contribution in [0.1, 0.15) is 74.1 Å². The standard InChI is InChI=1S/C31H43ClO12/c1-9-14(2)27(36)43-21-12-22(41-18(6)34)30(13-39-30)24-26(42-19(7)35)31(38)16(4)28(37)44-25(31)23(32)15(3)10-11-20(29(21,24)8)40-17(5)33/h14,16,20-26,38H,3,9-13H2,1-2,4-8H3/t14-,16+,20+,21+,22-,23+,24-,25+,26+,29+,30-,31-/m1/s1. The number of rotatable bonds is 6. The lowest BCUT2D eigenvalue weighted by atomic mass is 9.51. The van der Waals surface area contributed by atoms with Gasteiger partial charge in [-0.1, -0.05) is 32.9 Å². The highest BCUT2D eigenvalue weighted by Gasteiger charge is 2.78. The number of carbonyl (C=O) groups excluding carboxylic acids is 5. The largest absolute Gasteiger partial charge is 0.462 e. The zero-order valence-corrected chi connectivity index (χ0v) is 27.0. The van der Waals surface area contributed by atoms with Crippen LogP contribution in [-0.2, 0) is 52.4 Å². The Hall–Kier alpha value is -2.70. The molecule has 2 saturated carbocycles. The predicted molar refractivity (Wildman–Crippen MR) is 153 cm³/mol. The van der Waals surface area contributed by atoms with E-state index in [1.165, 1.54) is 20.8 Å². The van der Waals surface area contributed by atoms with Gasteiger partial charge in [-0.25, -0.2) is 0 Å². The average molecular weight is 643 g/mol. The molecule has 1 spiro atoms. The number of hydrogen-bond donors (Lipinski definition) is 1. The zero-order chi connectivity index (χ0) is 32.9. The Morgan fingerprint density at radius 3 is 2.14 bits per heavy atom. The van der Waals surface area contributed by atoms with Gasteiger partial charge in [0, 0.05) is 33.1 Å². The van der Waals surface area contributed by atoms with Gasteiger partial charge in [0.05, 0.1) is 29.2 Å². The van der Waals surface area contributed by atoms with Gasteiger partial charge in [-0.3, -0.25) is 24.0 Å². The number of aliphatic hydroxyl groups is 1. The second-order valence-electron chi connectivity index (χ2n) is 12.8. The maximum absolute atomic E-state index is 13.4. The fraction of sp³-hybridized carbons (Fsp3) is 0.774. The molecule has 2 aliphatic heterocycles. The molecule has 246 valence electrons. The van der Waals surface area contributed by atoms with Crippen LogP contribution in [0.25, 0.3) is 0 Å². The van der Waals surface area contributed by atoms with Crippen molar-refractivity contribution in [3.8, 4) is 0 Å². The molecule has 0 bridgehead atoms. The molecule has 0 aromatic heterocycles. The Morgan fingerprint density at radius 1 is 1.05 bits per heavy atom. The molecule has 2 aliphatic carbocycles. The highest BCUT2D eigenvalue weighted by molar-refractivity contribution is 6.23. The molecule has 4 rings (SSSR count). The molecule has 0 aromatic rings. The third-order valence-corrected chi connectivity index (χ3v) is 10.6. The second kappa shape index (κ2) is 12.2. The van der Waals surface area contributed by atoms with Gasteiger partial charge in [0.15, 0.2) is 11.7 Å². The van der Waals surface area contributed by atoms with Gasteiger partial charge in [0.25, 0.3) is 0 Å². The van der Waals surface area contributed by atoms with Crippen LogP contribution in [0.3, 0.4) is 0 Å². The molecule has 44 heavy (non-hydrogen) atoms. The lowest BCUT2D eigenvalue weighted by Gasteiger charge is -2.58. The van der Waals surface area contributed by atoms with E-state index in [2.05, 4.69) is 6.58 Å². The van der Waals surface area contributed by atoms with E-state index < -0.39 is 100 Å². The molecule has 12 atom stereocenters. The van der Waals surface area contributed by atoms with Gasteiger partial charge in [-0.05, 0) is 26.2 Å². The minimum Gasteiger partial charge on any atom is -0.462 e. The molecule has 1 N–H and O–H groups in total. The quantitative estimate of drug-likeness (QED) is 0.148. The van der Waals surface area contributed by atoms with Crippen molar-refractivity contribution in [2.24, 2.45) is 23.2 Å². The van der Waals surface area contributed by atoms with Crippen molar-refractivity contribution < 1.29 is 57.5 Å². The van der Waals surface area contributed by atoms with Gasteiger partial charge in [-0.2, -0.15) is 0 Å². The Bertz CT molecular complexity index is 1210. The van der Waals surface area contributed by atoms with E-state index in [4.69, 9.17) is 40.0 Å². The van der Waals surface area contributed by atoms with Crippen LogP contribution in [0.5, 0.6) is 0 Å². The summed E-state index contributed by atoms with van der Waals surface area (Å²) in [5, 5.41) is 11.6. The van der Waals surface area contributed by atoms with Gasteiger partial charge in [-0.15, -0.1) is 11.6 Å². The first-order valence-electron chi connectivity index (χ1n) is 15.1. The number of hydrogen-bond acceptors (Lipinski definition) is 12. The summed E-state index contributed by atoms with van der Waals surface area (Å²) in [6.45, 7) is 14.4. The lowest BCUT2D eigenvalue weighted by Crippen LogP contribution is -2.72. The van der Waals surface area contributed by atoms with Crippen molar-refractivity contribution >= 4 is 41.4 Å². The van der Waals surface area contributed by atoms with E-state index in [9.17, 15) is 29.1 Å². The lowest BCUT2D eigenvalue weighted by molar-refractivity contribution is -0.260. The van der Waals surface area contributed by atoms with Crippen molar-refractivity contribution in [1.82, 2.24) is 0 Å². The number of epoxide rings is 1. The van der Waals surface area contributed by atoms with Gasteiger partial charge < -0.3 is 33.5 Å². The summed E-state index contributed by atoms with van der Waals surface area (Å²) >= 11 is 6.83. The molecule has 4 aliphatic rings. The number of esters is 5. The fourth-order valence-corrected chi connectivity index (χ4v) is 7.76. The van der Waals surface area contributed by atoms with Crippen LogP contribution in [0.4, 0.5) is 0 Å². The van der Waals surface area contributed by atoms with Crippen molar-refractivity contribution in [2.75, 3.05) is 6.61 Å². The summed E-state index contributed by atoms with van der Waals surface area (Å²) in [4.78, 5) is 64.3. The second-order valence-corrected chi connectivity index (χ2v) is 13.3. The molecular weight excluding hydrogens is 600 g/mol. The number of alkyl halides is 1. The van der Waals surface area contributed by atoms with E-state index in [0.29, 0.717) is 12.0 Å². The Kier molecular flexibility index (Phi) is 9.51. The third kappa shape index (κ3) is 5.62. The smallest absolute Gasteiger partial charge is 0.312 e. The normalized spacial score (nSPS) is 42.2. The molecular formula is C31H43ClO12. The maximum atomic E-state index is 13.4. The van der Waals surface area contributed by atoms with Crippen LogP contribution in [0, 0.1) is 23.2 Å². The predicted octanol–water partition coefficient (Wildman–Crippen LogP) is 2.78. The molecule has 0 radical (unpaired) electrons. The average Bonchev–Trinajstić information content (AvgIpc) is 3.69. The summed E-state index contributed by atoms with van der Waals surface area (Å²) in [5.41, 5.74) is -4.70. The van der Waals surface area contributed by atoms with E-state index in [-0.39, 0.29) is 25.9 Å². The van der Waals surface area contributed by atoms with E-state index >= 15 is 0 Å². The summed E-state index contributed by atoms with van der Waals surface area (Å²) < 4.78 is 35.6. The summed E-state index contributed by atoms with van der Waals surface area (Å²) in [6.07, 6.45) is -5.38. The molecule has 0 amide bonds. The van der Waals surface area contributed by atoms with Crippen LogP contribution >= 0.6 is 11.6 Å². The van der Waals surface area contributed by atoms with Crippen molar-refractivity contribution in [3.05, 3.63) is 12.2 Å². The topological polar surface area (TPSA) is 164 Å². The van der Waals surface area contributed by atoms with Crippen molar-refractivity contribution in [1.29, 1.82) is 0 Å². The SMILES string of the molecule is C=C1CC[C@H](OC(C)=O)[C@@]2(C)[C@@H](OC(=O)[C@H](C)CC)C[C@@H](OC(C)=O)[C@]3(CO3)[C@@H]2[C@H](OC(C)=O)[C@@]2(O)[C@@H](C)C(=O)O[C@H]2[C@H]1Cl. The monoisotopic (exact) mass is 642 g/mol. The number of fused-ring (bicyclic) bond motifs is 3. The molecule has 12 nitrogen and oxygen atoms in total. The zero-order valence-electron chi connectivity index (χ0n) is 26.3. The maximum Gasteiger partial charge on any atom is 0.312 e. The Labute approximate surface area is 262 Å². The summed E-state index contributed by atoms with van der Waals surface area (Å²) in [6, 6.07) is 0. The molecule has 2 saturated heterocycles. The first kappa shape index (κ1) is 34.2. The highest BCUT2D eigenvalue weighted by atomic mass is 35.5. The third-order valence-electron chi connectivity index (χ3n) is 10.1. The van der Waals surface area contributed by atoms with E-state index in [1.54, 1.807) is 13.8 Å². The molecule has 0 aromatic carbocycles. The van der Waals surface area contributed by atoms with E-state index in [0.717, 1.165) is 6.92 Å². The van der Waals surface area contributed by atoms with Gasteiger partial charge >= 0.3 is 29.8 Å². The summed E-state index contributed by atoms with van der Waals surface area (Å²) in [7, 11) is 0. The number of carbonyl (C=O) groups is 5. The number of halogens is 1. The highest BCUT2D eigenvalue weighted by Crippen LogP contribution is 2.63. The first-order valence-corrected chi connectivity index (χ1v) is 15.5. The molecule has 13 heteroatoms. The van der Waals surface area contributed by atoms with Crippen LogP contribution < -0.4 is 0 Å². The van der Waals surface area contributed by atoms with Gasteiger partial charge in [0.2, 0.25) is 0 Å². The van der Waals surface area contributed by atoms with E-state index in [1.807, 2.05) is 6.92 Å². The number of ether oxygens (including phenoxy) is 6. The molecule has 2 heterocycles. The Morgan fingerprint density at radius 2 is 1.61 bits per heavy atom. The van der Waals surface area contributed by atoms with Crippen molar-refractivity contribution in [3.63, 3.8) is 0 Å². The van der Waals surface area contributed by atoms with Gasteiger partial charge in [0.1, 0.15) is 30.0 Å². The molecule has 4 fully saturated rings.